The van der Waals surface area contributed by atoms with E-state index in [0.717, 1.165) is 38.5 Å². The lowest BCUT2D eigenvalue weighted by Crippen LogP contribution is -2.10. The molecule has 1 aromatic carbocycles. The van der Waals surface area contributed by atoms with E-state index in [1.807, 2.05) is 19.1 Å². The van der Waals surface area contributed by atoms with E-state index in [1.54, 1.807) is 6.08 Å². The molecule has 0 aliphatic heterocycles. The quantitative estimate of drug-likeness (QED) is 0.121. The van der Waals surface area contributed by atoms with Crippen molar-refractivity contribution in [3.05, 3.63) is 23.3 Å². The summed E-state index contributed by atoms with van der Waals surface area (Å²) in [5, 5.41) is 0. The summed E-state index contributed by atoms with van der Waals surface area (Å²) in [5.74, 6) is 1.41. The van der Waals surface area contributed by atoms with Gasteiger partial charge in [0, 0.05) is 6.42 Å². The van der Waals surface area contributed by atoms with Gasteiger partial charge in [-0.05, 0) is 56.4 Å². The fourth-order valence-corrected chi connectivity index (χ4v) is 2.92. The average molecular weight is 433 g/mol. The van der Waals surface area contributed by atoms with Gasteiger partial charge in [0.2, 0.25) is 5.75 Å². The number of carbonyl (C=O) groups excluding carboxylic acids is 2. The van der Waals surface area contributed by atoms with Crippen LogP contribution in [-0.4, -0.2) is 31.4 Å². The van der Waals surface area contributed by atoms with Crippen LogP contribution in [0.4, 0.5) is 0 Å². The number of carbonyl (C=O) groups is 2. The molecule has 0 saturated carbocycles. The Morgan fingerprint density at radius 3 is 1.68 bits per heavy atom. The van der Waals surface area contributed by atoms with E-state index in [0.29, 0.717) is 55.5 Å². The molecule has 0 aliphatic rings. The molecule has 0 saturated heterocycles. The van der Waals surface area contributed by atoms with E-state index in [9.17, 15) is 9.59 Å². The Bertz CT molecular complexity index is 690. The third-order valence-corrected chi connectivity index (χ3v) is 4.77. The predicted octanol–water partition coefficient (Wildman–Crippen LogP) is 6.56. The summed E-state index contributed by atoms with van der Waals surface area (Å²) < 4.78 is 18.1. The normalized spacial score (nSPS) is 11.3. The zero-order chi connectivity index (χ0) is 23.1. The van der Waals surface area contributed by atoms with Crippen LogP contribution >= 0.6 is 0 Å². The van der Waals surface area contributed by atoms with Crippen LogP contribution in [0, 0.1) is 0 Å². The predicted molar refractivity (Wildman–Crippen MR) is 126 cm³/mol. The molecule has 0 spiro atoms. The number of allylic oxidation sites excluding steroid dienone is 1. The zero-order valence-corrected chi connectivity index (χ0v) is 20.1. The molecule has 1 rings (SSSR count). The van der Waals surface area contributed by atoms with Crippen molar-refractivity contribution in [3.63, 3.8) is 0 Å². The minimum atomic E-state index is -0.233. The molecule has 31 heavy (non-hydrogen) atoms. The van der Waals surface area contributed by atoms with Crippen molar-refractivity contribution in [2.24, 2.45) is 0 Å². The van der Waals surface area contributed by atoms with Gasteiger partial charge in [-0.3, -0.25) is 9.59 Å². The van der Waals surface area contributed by atoms with Gasteiger partial charge in [0.1, 0.15) is 0 Å². The highest BCUT2D eigenvalue weighted by Crippen LogP contribution is 2.40. The molecule has 0 bridgehead atoms. The molecule has 0 atom stereocenters. The molecule has 5 heteroatoms. The molecule has 5 nitrogen and oxygen atoms in total. The Morgan fingerprint density at radius 1 is 0.774 bits per heavy atom. The summed E-state index contributed by atoms with van der Waals surface area (Å²) in [4.78, 5) is 24.6. The number of benzene rings is 1. The van der Waals surface area contributed by atoms with Gasteiger partial charge in [-0.15, -0.1) is 0 Å². The Balaban J connectivity index is 3.42. The number of ketones is 2. The van der Waals surface area contributed by atoms with Crippen LogP contribution in [0.5, 0.6) is 17.2 Å². The van der Waals surface area contributed by atoms with E-state index in [2.05, 4.69) is 20.8 Å². The molecule has 0 fully saturated rings. The Hall–Kier alpha value is -2.30. The van der Waals surface area contributed by atoms with Crippen molar-refractivity contribution < 1.29 is 23.8 Å². The number of ether oxygens (including phenoxy) is 3. The van der Waals surface area contributed by atoms with Crippen LogP contribution < -0.4 is 14.2 Å². The van der Waals surface area contributed by atoms with Crippen LogP contribution in [-0.2, 0) is 9.59 Å². The highest BCUT2D eigenvalue weighted by molar-refractivity contribution is 6.22. The third-order valence-electron chi connectivity index (χ3n) is 4.77. The van der Waals surface area contributed by atoms with Gasteiger partial charge in [0.15, 0.2) is 23.1 Å². The summed E-state index contributed by atoms with van der Waals surface area (Å²) in [6, 6.07) is 3.68. The second kappa shape index (κ2) is 15.5. The first-order chi connectivity index (χ1) is 15.0. The maximum atomic E-state index is 12.4. The molecule has 0 heterocycles. The summed E-state index contributed by atoms with van der Waals surface area (Å²) in [5.41, 5.74) is 0.913. The largest absolute Gasteiger partial charge is 0.490 e. The highest BCUT2D eigenvalue weighted by atomic mass is 16.5. The van der Waals surface area contributed by atoms with Crippen molar-refractivity contribution in [1.82, 2.24) is 0 Å². The number of hydrogen-bond donors (Lipinski definition) is 0. The molecule has 0 unspecified atom stereocenters. The van der Waals surface area contributed by atoms with Crippen molar-refractivity contribution >= 4 is 17.6 Å². The number of unbranched alkanes of at least 4 members (excludes halogenated alkanes) is 3. The monoisotopic (exact) mass is 432 g/mol. The second-order valence-corrected chi connectivity index (χ2v) is 7.74. The van der Waals surface area contributed by atoms with E-state index in [-0.39, 0.29) is 17.1 Å². The fourth-order valence-electron chi connectivity index (χ4n) is 2.92. The van der Waals surface area contributed by atoms with Gasteiger partial charge in [-0.25, -0.2) is 0 Å². The van der Waals surface area contributed by atoms with E-state index < -0.39 is 0 Å². The van der Waals surface area contributed by atoms with Gasteiger partial charge in [-0.2, -0.15) is 0 Å². The lowest BCUT2D eigenvalue weighted by Gasteiger charge is -2.18. The molecule has 0 aliphatic carbocycles. The minimum absolute atomic E-state index is 0.139. The maximum Gasteiger partial charge on any atom is 0.203 e. The number of rotatable bonds is 17. The van der Waals surface area contributed by atoms with Crippen LogP contribution in [0.1, 0.15) is 91.5 Å². The molecule has 0 radical (unpaired) electrons. The first-order valence-corrected chi connectivity index (χ1v) is 11.8. The summed E-state index contributed by atoms with van der Waals surface area (Å²) in [6.07, 6.45) is 8.55. The van der Waals surface area contributed by atoms with E-state index >= 15 is 0 Å². The Kier molecular flexibility index (Phi) is 13.4. The number of Topliss-reactive ketones (excluding diaryl/α,β-unsaturated/α-hetero) is 2. The minimum Gasteiger partial charge on any atom is -0.490 e. The lowest BCUT2D eigenvalue weighted by atomic mass is 10.0. The van der Waals surface area contributed by atoms with Gasteiger partial charge in [-0.1, -0.05) is 47.0 Å². The van der Waals surface area contributed by atoms with Gasteiger partial charge in [0.05, 0.1) is 25.4 Å². The third kappa shape index (κ3) is 9.58. The molecule has 1 aromatic rings. The fraction of sp³-hybridized carbons (Fsp3) is 0.615. The van der Waals surface area contributed by atoms with Crippen molar-refractivity contribution in [3.8, 4) is 17.2 Å². The van der Waals surface area contributed by atoms with Crippen LogP contribution in [0.15, 0.2) is 17.7 Å². The number of hydrogen-bond acceptors (Lipinski definition) is 5. The Labute approximate surface area is 188 Å². The topological polar surface area (TPSA) is 61.8 Å². The van der Waals surface area contributed by atoms with Crippen molar-refractivity contribution in [2.45, 2.75) is 86.0 Å². The Morgan fingerprint density at radius 2 is 1.26 bits per heavy atom. The van der Waals surface area contributed by atoms with Gasteiger partial charge < -0.3 is 14.2 Å². The molecular weight excluding hydrogens is 392 g/mol. The van der Waals surface area contributed by atoms with Crippen LogP contribution in [0.2, 0.25) is 0 Å². The highest BCUT2D eigenvalue weighted by Gasteiger charge is 2.18. The summed E-state index contributed by atoms with van der Waals surface area (Å²) in [6.45, 7) is 11.4. The second-order valence-electron chi connectivity index (χ2n) is 7.74. The summed E-state index contributed by atoms with van der Waals surface area (Å²) in [7, 11) is 0. The lowest BCUT2D eigenvalue weighted by molar-refractivity contribution is -0.120. The molecule has 0 amide bonds. The SMILES string of the molecule is CCCCOc1cc(C=C(C(C)=O)C(=O)CCC)cc(OCCCC)c1OCCCC. The molecule has 0 N–H and O–H groups in total. The van der Waals surface area contributed by atoms with Gasteiger partial charge in [0.25, 0.3) is 0 Å². The van der Waals surface area contributed by atoms with Crippen LogP contribution in [0.25, 0.3) is 6.08 Å². The van der Waals surface area contributed by atoms with Crippen molar-refractivity contribution in [1.29, 1.82) is 0 Å². The van der Waals surface area contributed by atoms with Crippen molar-refractivity contribution in [2.75, 3.05) is 19.8 Å². The van der Waals surface area contributed by atoms with Gasteiger partial charge >= 0.3 is 0 Å². The molecular formula is C26H40O5. The van der Waals surface area contributed by atoms with Crippen LogP contribution in [0.3, 0.4) is 0 Å². The standard InChI is InChI=1S/C26H40O5/c1-6-10-14-29-24-18-21(17-22(20(5)27)23(28)13-9-4)19-25(30-15-11-7-2)26(24)31-16-12-8-3/h17-19H,6-16H2,1-5H3. The first-order valence-electron chi connectivity index (χ1n) is 11.8. The molecule has 174 valence electrons. The van der Waals surface area contributed by atoms with E-state index in [4.69, 9.17) is 14.2 Å². The smallest absolute Gasteiger partial charge is 0.203 e. The zero-order valence-electron chi connectivity index (χ0n) is 20.1. The molecule has 0 aromatic heterocycles. The van der Waals surface area contributed by atoms with E-state index in [1.165, 1.54) is 6.92 Å². The average Bonchev–Trinajstić information content (AvgIpc) is 2.74. The maximum absolute atomic E-state index is 12.4. The summed E-state index contributed by atoms with van der Waals surface area (Å²) >= 11 is 0. The first kappa shape index (κ1) is 26.7.